The van der Waals surface area contributed by atoms with Gasteiger partial charge >= 0.3 is 0 Å². The van der Waals surface area contributed by atoms with E-state index in [0.717, 1.165) is 38.5 Å². The Hall–Kier alpha value is -0.640. The molecule has 2 aliphatic rings. The quantitative estimate of drug-likeness (QED) is 0.792. The molecule has 2 atom stereocenters. The van der Waals surface area contributed by atoms with Crippen molar-refractivity contribution in [3.8, 4) is 0 Å². The molecule has 1 aliphatic heterocycles. The molecule has 0 bridgehead atoms. The lowest BCUT2D eigenvalue weighted by atomic mass is 9.72. The van der Waals surface area contributed by atoms with Gasteiger partial charge in [0.2, 0.25) is 5.91 Å². The van der Waals surface area contributed by atoms with Crippen molar-refractivity contribution >= 4 is 23.1 Å². The average Bonchev–Trinajstić information content (AvgIpc) is 2.39. The smallest absolute Gasteiger partial charge is 0.236 e. The highest BCUT2D eigenvalue weighted by molar-refractivity contribution is 7.80. The first-order valence-corrected chi connectivity index (χ1v) is 8.02. The van der Waals surface area contributed by atoms with Crippen molar-refractivity contribution < 1.29 is 4.79 Å². The molecule has 1 heterocycles. The highest BCUT2D eigenvalue weighted by Gasteiger charge is 2.47. The summed E-state index contributed by atoms with van der Waals surface area (Å²) in [6.45, 7) is 4.31. The number of amides is 1. The Kier molecular flexibility index (Phi) is 4.49. The van der Waals surface area contributed by atoms with E-state index in [1.807, 2.05) is 0 Å². The highest BCUT2D eigenvalue weighted by atomic mass is 32.1. The maximum Gasteiger partial charge on any atom is 0.236 e. The van der Waals surface area contributed by atoms with Crippen LogP contribution in [0.1, 0.15) is 65.2 Å². The number of hydrogen-bond donors (Lipinski definition) is 1. The minimum absolute atomic E-state index is 0.208. The van der Waals surface area contributed by atoms with Gasteiger partial charge in [0.25, 0.3) is 0 Å². The molecule has 0 aromatic carbocycles. The van der Waals surface area contributed by atoms with Gasteiger partial charge in [-0.3, -0.25) is 4.79 Å². The van der Waals surface area contributed by atoms with Gasteiger partial charge in [-0.25, -0.2) is 0 Å². The number of hydrogen-bond acceptors (Lipinski definition) is 2. The maximum atomic E-state index is 13.1. The minimum atomic E-state index is -0.548. The third-order valence-electron chi connectivity index (χ3n) is 5.02. The molecule has 3 nitrogen and oxygen atoms in total. The zero-order valence-electron chi connectivity index (χ0n) is 12.2. The maximum absolute atomic E-state index is 13.1. The van der Waals surface area contributed by atoms with Crippen LogP contribution in [0.25, 0.3) is 0 Å². The fraction of sp³-hybridized carbons (Fsp3) is 0.867. The normalized spacial score (nSPS) is 30.9. The average molecular weight is 282 g/mol. The minimum Gasteiger partial charge on any atom is -0.392 e. The van der Waals surface area contributed by atoms with Gasteiger partial charge in [0.15, 0.2) is 0 Å². The number of nitrogens with two attached hydrogens (primary N) is 1. The van der Waals surface area contributed by atoms with Crippen LogP contribution < -0.4 is 5.73 Å². The van der Waals surface area contributed by atoms with Gasteiger partial charge in [-0.15, -0.1) is 0 Å². The van der Waals surface area contributed by atoms with Gasteiger partial charge in [-0.2, -0.15) is 0 Å². The van der Waals surface area contributed by atoms with Gasteiger partial charge in [0.05, 0.1) is 10.4 Å². The monoisotopic (exact) mass is 282 g/mol. The van der Waals surface area contributed by atoms with E-state index in [9.17, 15) is 4.79 Å². The van der Waals surface area contributed by atoms with E-state index in [4.69, 9.17) is 18.0 Å². The third kappa shape index (κ3) is 2.64. The molecule has 1 aliphatic carbocycles. The lowest BCUT2D eigenvalue weighted by Gasteiger charge is -2.46. The molecule has 19 heavy (non-hydrogen) atoms. The van der Waals surface area contributed by atoms with E-state index in [1.165, 1.54) is 12.8 Å². The van der Waals surface area contributed by atoms with E-state index < -0.39 is 5.41 Å². The summed E-state index contributed by atoms with van der Waals surface area (Å²) >= 11 is 5.28. The molecule has 0 radical (unpaired) electrons. The fourth-order valence-corrected chi connectivity index (χ4v) is 4.08. The zero-order chi connectivity index (χ0) is 14.0. The molecule has 1 saturated carbocycles. The molecule has 2 unspecified atom stereocenters. The van der Waals surface area contributed by atoms with Gasteiger partial charge in [0.1, 0.15) is 0 Å². The molecular formula is C15H26N2OS. The second-order valence-corrected chi connectivity index (χ2v) is 6.79. The highest BCUT2D eigenvalue weighted by Crippen LogP contribution is 2.40. The Morgan fingerprint density at radius 1 is 1.11 bits per heavy atom. The van der Waals surface area contributed by atoms with E-state index in [1.54, 1.807) is 0 Å². The first-order valence-electron chi connectivity index (χ1n) is 7.62. The van der Waals surface area contributed by atoms with Crippen LogP contribution in [0.2, 0.25) is 0 Å². The van der Waals surface area contributed by atoms with Crippen LogP contribution in [-0.4, -0.2) is 27.9 Å². The van der Waals surface area contributed by atoms with Gasteiger partial charge < -0.3 is 10.6 Å². The van der Waals surface area contributed by atoms with Crippen molar-refractivity contribution in [2.45, 2.75) is 77.3 Å². The molecule has 2 fully saturated rings. The Bertz CT molecular complexity index is 353. The van der Waals surface area contributed by atoms with Crippen LogP contribution in [0.3, 0.4) is 0 Å². The van der Waals surface area contributed by atoms with Crippen LogP contribution in [0.5, 0.6) is 0 Å². The van der Waals surface area contributed by atoms with Crippen molar-refractivity contribution in [3.63, 3.8) is 0 Å². The van der Waals surface area contributed by atoms with Crippen LogP contribution in [0, 0.1) is 5.41 Å². The van der Waals surface area contributed by atoms with Crippen LogP contribution in [0.4, 0.5) is 0 Å². The molecule has 1 amide bonds. The number of nitrogens with zero attached hydrogens (tertiary/aromatic N) is 1. The molecule has 2 N–H and O–H groups in total. The molecule has 0 spiro atoms. The fourth-order valence-electron chi connectivity index (χ4n) is 3.79. The second-order valence-electron chi connectivity index (χ2n) is 6.35. The molecule has 108 valence electrons. The second kappa shape index (κ2) is 5.78. The van der Waals surface area contributed by atoms with Crippen LogP contribution >= 0.6 is 12.2 Å². The number of carbonyl (C=O) groups excluding carboxylic acids is 1. The standard InChI is InChI=1S/C15H26N2OS/c1-11-7-6-8-12(2)17(11)14(18)15(13(16)19)9-4-3-5-10-15/h11-12H,3-10H2,1-2H3,(H2,16,19). The number of likely N-dealkylation sites (tertiary alicyclic amines) is 1. The lowest BCUT2D eigenvalue weighted by Crippen LogP contribution is -2.57. The number of thiocarbonyl (C=S) groups is 1. The van der Waals surface area contributed by atoms with Gasteiger partial charge in [-0.1, -0.05) is 31.5 Å². The summed E-state index contributed by atoms with van der Waals surface area (Å²) in [6.07, 6.45) is 8.44. The molecular weight excluding hydrogens is 256 g/mol. The zero-order valence-corrected chi connectivity index (χ0v) is 13.0. The Labute approximate surface area is 121 Å². The summed E-state index contributed by atoms with van der Waals surface area (Å²) in [7, 11) is 0. The van der Waals surface area contributed by atoms with Gasteiger partial charge in [-0.05, 0) is 46.0 Å². The van der Waals surface area contributed by atoms with Crippen LogP contribution in [-0.2, 0) is 4.79 Å². The largest absolute Gasteiger partial charge is 0.392 e. The molecule has 1 saturated heterocycles. The number of piperidine rings is 1. The Morgan fingerprint density at radius 2 is 1.63 bits per heavy atom. The van der Waals surface area contributed by atoms with Gasteiger partial charge in [0, 0.05) is 12.1 Å². The summed E-state index contributed by atoms with van der Waals surface area (Å²) in [4.78, 5) is 15.6. The summed E-state index contributed by atoms with van der Waals surface area (Å²) in [5, 5.41) is 0. The van der Waals surface area contributed by atoms with Crippen LogP contribution in [0.15, 0.2) is 0 Å². The first-order chi connectivity index (χ1) is 8.99. The summed E-state index contributed by atoms with van der Waals surface area (Å²) in [6, 6.07) is 0.647. The topological polar surface area (TPSA) is 46.3 Å². The number of carbonyl (C=O) groups is 1. The SMILES string of the molecule is CC1CCCC(C)N1C(=O)C1(C(N)=S)CCCCC1. The lowest BCUT2D eigenvalue weighted by molar-refractivity contribution is -0.146. The molecule has 4 heteroatoms. The van der Waals surface area contributed by atoms with Crippen molar-refractivity contribution in [2.24, 2.45) is 11.1 Å². The Balaban J connectivity index is 2.26. The van der Waals surface area contributed by atoms with Crippen molar-refractivity contribution in [2.75, 3.05) is 0 Å². The number of rotatable bonds is 2. The molecule has 0 aromatic heterocycles. The van der Waals surface area contributed by atoms with Crippen molar-refractivity contribution in [1.82, 2.24) is 4.90 Å². The van der Waals surface area contributed by atoms with Crippen molar-refractivity contribution in [3.05, 3.63) is 0 Å². The van der Waals surface area contributed by atoms with Crippen molar-refractivity contribution in [1.29, 1.82) is 0 Å². The third-order valence-corrected chi connectivity index (χ3v) is 5.41. The summed E-state index contributed by atoms with van der Waals surface area (Å²) < 4.78 is 0. The summed E-state index contributed by atoms with van der Waals surface area (Å²) in [5.74, 6) is 0.208. The first kappa shape index (κ1) is 14.8. The summed E-state index contributed by atoms with van der Waals surface area (Å²) in [5.41, 5.74) is 5.44. The Morgan fingerprint density at radius 3 is 2.11 bits per heavy atom. The molecule has 2 rings (SSSR count). The van der Waals surface area contributed by atoms with E-state index in [0.29, 0.717) is 17.1 Å². The van der Waals surface area contributed by atoms with E-state index in [2.05, 4.69) is 18.7 Å². The predicted octanol–water partition coefficient (Wildman–Crippen LogP) is 3.01. The predicted molar refractivity (Wildman–Crippen MR) is 81.9 cm³/mol. The molecule has 0 aromatic rings. The van der Waals surface area contributed by atoms with E-state index in [-0.39, 0.29) is 5.91 Å². The van der Waals surface area contributed by atoms with E-state index >= 15 is 0 Å².